The predicted molar refractivity (Wildman–Crippen MR) is 28.5 cm³/mol. The Morgan fingerprint density at radius 3 is 2.71 bits per heavy atom. The number of hydrogen-bond donors (Lipinski definition) is 2. The van der Waals surface area contributed by atoms with Gasteiger partial charge in [0.15, 0.2) is 0 Å². The summed E-state index contributed by atoms with van der Waals surface area (Å²) >= 11 is 5.29. The quantitative estimate of drug-likeness (QED) is 0.423. The highest BCUT2D eigenvalue weighted by Crippen LogP contribution is 1.87. The van der Waals surface area contributed by atoms with Gasteiger partial charge in [-0.1, -0.05) is 18.5 Å². The number of nitrogens with zero attached hydrogens (tertiary/aromatic N) is 1. The Hall–Kier alpha value is -0.280. The van der Waals surface area contributed by atoms with Crippen LogP contribution in [0, 0.1) is 0 Å². The van der Waals surface area contributed by atoms with Crippen LogP contribution >= 0.6 is 11.6 Å². The molecular formula is C3H7ClN2O. The van der Waals surface area contributed by atoms with Gasteiger partial charge in [-0.2, -0.15) is 5.59 Å². The predicted octanol–water partition coefficient (Wildman–Crippen LogP) is 0.927. The molecule has 0 aromatic carbocycles. The van der Waals surface area contributed by atoms with Gasteiger partial charge in [0, 0.05) is 0 Å². The van der Waals surface area contributed by atoms with Crippen LogP contribution in [0.4, 0.5) is 0 Å². The fraction of sp³-hybridized carbons (Fsp3) is 0.667. The van der Waals surface area contributed by atoms with Crippen LogP contribution in [-0.4, -0.2) is 10.4 Å². The van der Waals surface area contributed by atoms with Crippen LogP contribution in [0.3, 0.4) is 0 Å². The third-order valence-corrected chi connectivity index (χ3v) is 0.815. The summed E-state index contributed by atoms with van der Waals surface area (Å²) in [5, 5.41) is 11.4. The summed E-state index contributed by atoms with van der Waals surface area (Å²) < 4.78 is 0. The van der Waals surface area contributed by atoms with E-state index in [1.807, 2.05) is 6.92 Å². The van der Waals surface area contributed by atoms with Crippen LogP contribution < -0.4 is 5.59 Å². The maximum atomic E-state index is 7.85. The topological polar surface area (TPSA) is 44.6 Å². The Labute approximate surface area is 46.9 Å². The Morgan fingerprint density at radius 2 is 2.57 bits per heavy atom. The molecule has 0 aromatic rings. The monoisotopic (exact) mass is 122 g/mol. The maximum Gasteiger partial charge on any atom is 0.128 e. The fourth-order valence-electron chi connectivity index (χ4n) is 0.133. The summed E-state index contributed by atoms with van der Waals surface area (Å²) in [5.41, 5.74) is 1.57. The highest BCUT2D eigenvalue weighted by Gasteiger charge is 1.82. The van der Waals surface area contributed by atoms with Crippen molar-refractivity contribution < 1.29 is 5.21 Å². The molecule has 0 rings (SSSR count). The van der Waals surface area contributed by atoms with E-state index in [1.54, 1.807) is 5.59 Å². The van der Waals surface area contributed by atoms with Crippen LogP contribution in [0.1, 0.15) is 13.3 Å². The lowest BCUT2D eigenvalue weighted by molar-refractivity contribution is 0.172. The molecule has 0 saturated carbocycles. The molecule has 0 atom stereocenters. The lowest BCUT2D eigenvalue weighted by Crippen LogP contribution is -1.98. The van der Waals surface area contributed by atoms with Gasteiger partial charge < -0.3 is 0 Å². The summed E-state index contributed by atoms with van der Waals surface area (Å²) in [4.78, 5) is 0. The van der Waals surface area contributed by atoms with Crippen molar-refractivity contribution in [2.24, 2.45) is 5.10 Å². The van der Waals surface area contributed by atoms with Crippen LogP contribution in [0.15, 0.2) is 5.10 Å². The van der Waals surface area contributed by atoms with Crippen LogP contribution in [0.5, 0.6) is 0 Å². The highest BCUT2D eigenvalue weighted by atomic mass is 35.5. The SMILES string of the molecule is CC/C(Cl)=N\NO. The molecule has 0 aliphatic heterocycles. The summed E-state index contributed by atoms with van der Waals surface area (Å²) in [5.74, 6) is 0. The largest absolute Gasteiger partial charge is 0.274 e. The molecule has 0 saturated heterocycles. The van der Waals surface area contributed by atoms with E-state index in [2.05, 4.69) is 5.10 Å². The van der Waals surface area contributed by atoms with Crippen LogP contribution in [0.2, 0.25) is 0 Å². The second-order valence-corrected chi connectivity index (χ2v) is 1.38. The van der Waals surface area contributed by atoms with Gasteiger partial charge in [0.2, 0.25) is 0 Å². The van der Waals surface area contributed by atoms with Crippen LogP contribution in [-0.2, 0) is 0 Å². The van der Waals surface area contributed by atoms with Crippen molar-refractivity contribution in [1.82, 2.24) is 5.59 Å². The molecule has 7 heavy (non-hydrogen) atoms. The second kappa shape index (κ2) is 3.89. The minimum atomic E-state index is 0.363. The molecule has 42 valence electrons. The molecule has 2 N–H and O–H groups in total. The van der Waals surface area contributed by atoms with Crippen molar-refractivity contribution in [3.63, 3.8) is 0 Å². The van der Waals surface area contributed by atoms with E-state index in [9.17, 15) is 0 Å². The number of halogens is 1. The zero-order chi connectivity index (χ0) is 5.70. The van der Waals surface area contributed by atoms with Gasteiger partial charge in [-0.3, -0.25) is 5.21 Å². The van der Waals surface area contributed by atoms with Gasteiger partial charge in [-0.15, -0.1) is 5.10 Å². The van der Waals surface area contributed by atoms with Gasteiger partial charge in [0.05, 0.1) is 0 Å². The van der Waals surface area contributed by atoms with E-state index in [0.29, 0.717) is 11.6 Å². The lowest BCUT2D eigenvalue weighted by atomic mass is 10.5. The van der Waals surface area contributed by atoms with Gasteiger partial charge >= 0.3 is 0 Å². The first-order valence-corrected chi connectivity index (χ1v) is 2.30. The molecule has 4 heteroatoms. The summed E-state index contributed by atoms with van der Waals surface area (Å²) in [6.45, 7) is 1.84. The van der Waals surface area contributed by atoms with E-state index in [4.69, 9.17) is 16.8 Å². The summed E-state index contributed by atoms with van der Waals surface area (Å²) in [7, 11) is 0. The van der Waals surface area contributed by atoms with E-state index in [-0.39, 0.29) is 0 Å². The molecule has 0 aliphatic rings. The smallest absolute Gasteiger partial charge is 0.128 e. The first-order chi connectivity index (χ1) is 3.31. The minimum Gasteiger partial charge on any atom is -0.274 e. The average molecular weight is 123 g/mol. The first-order valence-electron chi connectivity index (χ1n) is 1.92. The molecule has 0 radical (unpaired) electrons. The minimum absolute atomic E-state index is 0.363. The molecule has 0 fully saturated rings. The first kappa shape index (κ1) is 6.72. The zero-order valence-electron chi connectivity index (χ0n) is 3.98. The number of hydrogen-bond acceptors (Lipinski definition) is 3. The van der Waals surface area contributed by atoms with Crippen molar-refractivity contribution in [1.29, 1.82) is 0 Å². The average Bonchev–Trinajstić information content (AvgIpc) is 1.68. The van der Waals surface area contributed by atoms with Crippen molar-refractivity contribution >= 4 is 16.8 Å². The number of nitrogens with one attached hydrogen (secondary N) is 1. The normalized spacial score (nSPS) is 11.6. The molecule has 0 bridgehead atoms. The lowest BCUT2D eigenvalue weighted by Gasteiger charge is -1.86. The van der Waals surface area contributed by atoms with Gasteiger partial charge in [0.25, 0.3) is 0 Å². The summed E-state index contributed by atoms with van der Waals surface area (Å²) in [6.07, 6.45) is 0.634. The standard InChI is InChI=1S/C3H7ClN2O/c1-2-3(4)5-6-7/h6-7H,2H2,1H3/b5-3+. The number of rotatable bonds is 2. The van der Waals surface area contributed by atoms with Crippen molar-refractivity contribution in [3.8, 4) is 0 Å². The Kier molecular flexibility index (Phi) is 3.74. The molecule has 0 unspecified atom stereocenters. The van der Waals surface area contributed by atoms with Gasteiger partial charge in [-0.25, -0.2) is 0 Å². The van der Waals surface area contributed by atoms with E-state index in [0.717, 1.165) is 0 Å². The van der Waals surface area contributed by atoms with Gasteiger partial charge in [-0.05, 0) is 6.42 Å². The van der Waals surface area contributed by atoms with Gasteiger partial charge in [0.1, 0.15) is 5.17 Å². The Morgan fingerprint density at radius 1 is 2.00 bits per heavy atom. The highest BCUT2D eigenvalue weighted by molar-refractivity contribution is 6.65. The molecular weight excluding hydrogens is 115 g/mol. The molecule has 3 nitrogen and oxygen atoms in total. The van der Waals surface area contributed by atoms with Crippen molar-refractivity contribution in [2.75, 3.05) is 0 Å². The second-order valence-electron chi connectivity index (χ2n) is 0.942. The third kappa shape index (κ3) is 3.55. The molecule has 0 amide bonds. The molecule has 0 heterocycles. The third-order valence-electron chi connectivity index (χ3n) is 0.463. The molecule has 0 spiro atoms. The zero-order valence-corrected chi connectivity index (χ0v) is 4.74. The van der Waals surface area contributed by atoms with Crippen molar-refractivity contribution in [3.05, 3.63) is 0 Å². The maximum absolute atomic E-state index is 7.85. The summed E-state index contributed by atoms with van der Waals surface area (Å²) in [6, 6.07) is 0. The Bertz CT molecular complexity index is 73.3. The number of hydrazone groups is 1. The van der Waals surface area contributed by atoms with E-state index in [1.165, 1.54) is 0 Å². The fourth-order valence-corrected chi connectivity index (χ4v) is 0.171. The van der Waals surface area contributed by atoms with E-state index >= 15 is 0 Å². The van der Waals surface area contributed by atoms with Crippen LogP contribution in [0.25, 0.3) is 0 Å². The van der Waals surface area contributed by atoms with E-state index < -0.39 is 0 Å². The van der Waals surface area contributed by atoms with Crippen molar-refractivity contribution in [2.45, 2.75) is 13.3 Å². The Balaban J connectivity index is 3.29. The molecule has 0 aromatic heterocycles. The molecule has 0 aliphatic carbocycles.